The van der Waals surface area contributed by atoms with Gasteiger partial charge < -0.3 is 13.7 Å². The Balaban J connectivity index is 1.17. The van der Waals surface area contributed by atoms with Crippen LogP contribution >= 0.6 is 11.3 Å². The van der Waals surface area contributed by atoms with Crippen molar-refractivity contribution in [1.82, 2.24) is 18.7 Å². The van der Waals surface area contributed by atoms with Crippen molar-refractivity contribution in [2.75, 3.05) is 0 Å². The van der Waals surface area contributed by atoms with Crippen molar-refractivity contribution >= 4 is 96.9 Å². The van der Waals surface area contributed by atoms with Crippen molar-refractivity contribution in [2.24, 2.45) is 0 Å². The van der Waals surface area contributed by atoms with Crippen LogP contribution in [-0.2, 0) is 0 Å². The van der Waals surface area contributed by atoms with Crippen LogP contribution in [0.15, 0.2) is 170 Å². The molecule has 5 heteroatoms. The predicted molar refractivity (Wildman–Crippen MR) is 220 cm³/mol. The summed E-state index contributed by atoms with van der Waals surface area (Å²) in [5, 5.41) is 9.95. The summed E-state index contributed by atoms with van der Waals surface area (Å²) in [5.41, 5.74) is 10.5. The Morgan fingerprint density at radius 1 is 0.327 bits per heavy atom. The first-order chi connectivity index (χ1) is 25.8. The van der Waals surface area contributed by atoms with E-state index < -0.39 is 0 Å². The molecule has 5 heterocycles. The molecule has 12 aromatic rings. The summed E-state index contributed by atoms with van der Waals surface area (Å²) in [7, 11) is 0. The maximum atomic E-state index is 4.57. The smallest absolute Gasteiger partial charge is 0.0571 e. The fourth-order valence-corrected chi connectivity index (χ4v) is 9.78. The largest absolute Gasteiger partial charge is 0.309 e. The molecule has 4 nitrogen and oxygen atoms in total. The Kier molecular flexibility index (Phi) is 5.62. The van der Waals surface area contributed by atoms with Gasteiger partial charge in [-0.1, -0.05) is 72.8 Å². The molecule has 0 radical (unpaired) electrons. The summed E-state index contributed by atoms with van der Waals surface area (Å²) >= 11 is 1.86. The first-order valence-electron chi connectivity index (χ1n) is 17.6. The van der Waals surface area contributed by atoms with Crippen LogP contribution in [0.4, 0.5) is 0 Å². The van der Waals surface area contributed by atoms with Gasteiger partial charge in [-0.2, -0.15) is 0 Å². The van der Waals surface area contributed by atoms with Gasteiger partial charge in [0.2, 0.25) is 0 Å². The third-order valence-corrected chi connectivity index (χ3v) is 12.1. The van der Waals surface area contributed by atoms with Crippen molar-refractivity contribution in [3.63, 3.8) is 0 Å². The lowest BCUT2D eigenvalue weighted by Gasteiger charge is -2.11. The third-order valence-electron chi connectivity index (χ3n) is 10.9. The van der Waals surface area contributed by atoms with Crippen LogP contribution in [0.5, 0.6) is 0 Å². The Hall–Kier alpha value is -6.69. The molecule has 0 aliphatic heterocycles. The van der Waals surface area contributed by atoms with E-state index in [0.29, 0.717) is 0 Å². The summed E-state index contributed by atoms with van der Waals surface area (Å²) < 4.78 is 9.89. The first-order valence-corrected chi connectivity index (χ1v) is 18.4. The summed E-state index contributed by atoms with van der Waals surface area (Å²) in [6.45, 7) is 0. The van der Waals surface area contributed by atoms with E-state index >= 15 is 0 Å². The van der Waals surface area contributed by atoms with E-state index in [1.807, 2.05) is 23.7 Å². The maximum absolute atomic E-state index is 4.57. The summed E-state index contributed by atoms with van der Waals surface area (Å²) in [4.78, 5) is 4.57. The van der Waals surface area contributed by atoms with Crippen LogP contribution in [0.3, 0.4) is 0 Å². The summed E-state index contributed by atoms with van der Waals surface area (Å²) in [6, 6.07) is 57.8. The number of hydrogen-bond donors (Lipinski definition) is 0. The monoisotopic (exact) mass is 680 g/mol. The van der Waals surface area contributed by atoms with Gasteiger partial charge in [0.05, 0.1) is 33.1 Å². The normalized spacial score (nSPS) is 12.2. The Bertz CT molecular complexity index is 3410. The number of benzene rings is 7. The number of hydrogen-bond acceptors (Lipinski definition) is 2. The average Bonchev–Trinajstić information content (AvgIpc) is 3.93. The Morgan fingerprint density at radius 3 is 1.62 bits per heavy atom. The standard InChI is InChI=1S/C47H28N4S/c1-2-10-29(11-3-1)49-42-20-18-30(24-35(42)39-28-48-23-22-43(39)49)50-40-15-7-4-12-32(40)36-26-37-33-13-5-8-16-41(33)51(45(37)27-44(36)50)31-19-21-47-38(25-31)34-14-6-9-17-46(34)52-47/h1-28H. The maximum Gasteiger partial charge on any atom is 0.0571 e. The summed E-state index contributed by atoms with van der Waals surface area (Å²) in [6.07, 6.45) is 3.89. The second-order valence-corrected chi connectivity index (χ2v) is 14.7. The minimum Gasteiger partial charge on any atom is -0.309 e. The van der Waals surface area contributed by atoms with Crippen molar-refractivity contribution in [2.45, 2.75) is 0 Å². The highest BCUT2D eigenvalue weighted by Crippen LogP contribution is 2.42. The van der Waals surface area contributed by atoms with Crippen molar-refractivity contribution < 1.29 is 0 Å². The van der Waals surface area contributed by atoms with E-state index in [1.54, 1.807) is 0 Å². The SMILES string of the molecule is c1ccc(-n2c3ccncc3c3cc(-n4c5ccccc5c5cc6c7ccccc7n(-c7ccc8sc9ccccc9c8c7)c6cc54)ccc32)cc1. The molecule has 0 N–H and O–H groups in total. The highest BCUT2D eigenvalue weighted by atomic mass is 32.1. The molecule has 52 heavy (non-hydrogen) atoms. The van der Waals surface area contributed by atoms with Gasteiger partial charge >= 0.3 is 0 Å². The first kappa shape index (κ1) is 28.1. The van der Waals surface area contributed by atoms with E-state index in [4.69, 9.17) is 0 Å². The van der Waals surface area contributed by atoms with Gasteiger partial charge in [0, 0.05) is 81.9 Å². The predicted octanol–water partition coefficient (Wildman–Crippen LogP) is 12.7. The minimum atomic E-state index is 1.13. The molecule has 7 aromatic carbocycles. The molecule has 0 amide bonds. The molecule has 0 saturated heterocycles. The van der Waals surface area contributed by atoms with Gasteiger partial charge in [-0.3, -0.25) is 4.98 Å². The van der Waals surface area contributed by atoms with Crippen molar-refractivity contribution in [3.05, 3.63) is 170 Å². The van der Waals surface area contributed by atoms with Crippen LogP contribution in [-0.4, -0.2) is 18.7 Å². The van der Waals surface area contributed by atoms with Gasteiger partial charge in [0.15, 0.2) is 0 Å². The summed E-state index contributed by atoms with van der Waals surface area (Å²) in [5.74, 6) is 0. The zero-order valence-electron chi connectivity index (χ0n) is 27.9. The number of thiophene rings is 1. The van der Waals surface area contributed by atoms with Crippen LogP contribution in [0.25, 0.3) is 103 Å². The van der Waals surface area contributed by atoms with Crippen molar-refractivity contribution in [1.29, 1.82) is 0 Å². The Morgan fingerprint density at radius 2 is 0.865 bits per heavy atom. The van der Waals surface area contributed by atoms with E-state index in [9.17, 15) is 0 Å². The average molecular weight is 681 g/mol. The van der Waals surface area contributed by atoms with E-state index in [2.05, 4.69) is 176 Å². The van der Waals surface area contributed by atoms with E-state index in [1.165, 1.54) is 74.9 Å². The second-order valence-electron chi connectivity index (χ2n) is 13.6. The van der Waals surface area contributed by atoms with Gasteiger partial charge in [0.25, 0.3) is 0 Å². The fraction of sp³-hybridized carbons (Fsp3) is 0. The lowest BCUT2D eigenvalue weighted by molar-refractivity contribution is 1.16. The fourth-order valence-electron chi connectivity index (χ4n) is 8.69. The van der Waals surface area contributed by atoms with Gasteiger partial charge in [-0.05, 0) is 84.9 Å². The van der Waals surface area contributed by atoms with Gasteiger partial charge in [-0.25, -0.2) is 0 Å². The zero-order chi connectivity index (χ0) is 33.9. The number of fused-ring (bicyclic) bond motifs is 12. The molecule has 0 aliphatic carbocycles. The van der Waals surface area contributed by atoms with Crippen LogP contribution < -0.4 is 0 Å². The van der Waals surface area contributed by atoms with Gasteiger partial charge in [0.1, 0.15) is 0 Å². The van der Waals surface area contributed by atoms with Crippen LogP contribution in [0.1, 0.15) is 0 Å². The van der Waals surface area contributed by atoms with E-state index in [0.717, 1.165) is 27.8 Å². The zero-order valence-corrected chi connectivity index (χ0v) is 28.7. The Labute approximate surface area is 301 Å². The van der Waals surface area contributed by atoms with Crippen LogP contribution in [0, 0.1) is 0 Å². The number of rotatable bonds is 3. The molecular weight excluding hydrogens is 653 g/mol. The molecule has 0 atom stereocenters. The topological polar surface area (TPSA) is 27.7 Å². The quantitative estimate of drug-likeness (QED) is 0.182. The highest BCUT2D eigenvalue weighted by Gasteiger charge is 2.20. The molecule has 5 aromatic heterocycles. The van der Waals surface area contributed by atoms with E-state index in [-0.39, 0.29) is 0 Å². The van der Waals surface area contributed by atoms with Gasteiger partial charge in [-0.15, -0.1) is 11.3 Å². The third kappa shape index (κ3) is 3.78. The number of aromatic nitrogens is 4. The highest BCUT2D eigenvalue weighted by molar-refractivity contribution is 7.25. The molecule has 0 unspecified atom stereocenters. The number of para-hydroxylation sites is 3. The second kappa shape index (κ2) is 10.4. The lowest BCUT2D eigenvalue weighted by Crippen LogP contribution is -1.96. The minimum absolute atomic E-state index is 1.13. The molecule has 0 aliphatic rings. The lowest BCUT2D eigenvalue weighted by atomic mass is 10.1. The van der Waals surface area contributed by atoms with Crippen LogP contribution in [0.2, 0.25) is 0 Å². The molecule has 0 bridgehead atoms. The molecular formula is C47H28N4S. The molecule has 242 valence electrons. The molecule has 0 saturated carbocycles. The molecule has 0 fully saturated rings. The number of pyridine rings is 1. The molecule has 0 spiro atoms. The number of nitrogens with zero attached hydrogens (tertiary/aromatic N) is 4. The van der Waals surface area contributed by atoms with Crippen molar-refractivity contribution in [3.8, 4) is 17.1 Å². The molecule has 12 rings (SSSR count).